The Hall–Kier alpha value is -0.610. The van der Waals surface area contributed by atoms with E-state index in [-0.39, 0.29) is 11.9 Å². The molecule has 0 radical (unpaired) electrons. The van der Waals surface area contributed by atoms with Gasteiger partial charge in [0.2, 0.25) is 0 Å². The van der Waals surface area contributed by atoms with Crippen molar-refractivity contribution in [2.75, 3.05) is 13.1 Å². The molecule has 3 N–H and O–H groups in total. The van der Waals surface area contributed by atoms with Gasteiger partial charge in [-0.05, 0) is 31.2 Å². The molecule has 4 heteroatoms. The summed E-state index contributed by atoms with van der Waals surface area (Å²) in [5.74, 6) is 6.16. The lowest BCUT2D eigenvalue weighted by Gasteiger charge is -2.37. The van der Waals surface area contributed by atoms with Crippen LogP contribution in [-0.2, 0) is 4.79 Å². The maximum atomic E-state index is 11.7. The van der Waals surface area contributed by atoms with E-state index < -0.39 is 0 Å². The maximum absolute atomic E-state index is 11.7. The smallest absolute Gasteiger partial charge is 0.251 e. The number of amides is 1. The van der Waals surface area contributed by atoms with E-state index in [0.717, 1.165) is 13.1 Å². The summed E-state index contributed by atoms with van der Waals surface area (Å²) in [6.07, 6.45) is 2.45. The molecule has 0 aromatic carbocycles. The third kappa shape index (κ3) is 3.18. The van der Waals surface area contributed by atoms with Crippen molar-refractivity contribution in [2.45, 2.75) is 39.7 Å². The van der Waals surface area contributed by atoms with Crippen LogP contribution < -0.4 is 11.3 Å². The standard InChI is InChI=1S/C11H23N3O/c1-8(2)10(11(15)13-12)14-6-4-5-9(3)7-14/h8-10H,4-7,12H2,1-3H3,(H,13,15). The first-order valence-electron chi connectivity index (χ1n) is 5.80. The van der Waals surface area contributed by atoms with Gasteiger partial charge >= 0.3 is 0 Å². The van der Waals surface area contributed by atoms with Crippen LogP contribution in [0.5, 0.6) is 0 Å². The summed E-state index contributed by atoms with van der Waals surface area (Å²) in [5.41, 5.74) is 2.28. The largest absolute Gasteiger partial charge is 0.293 e. The third-order valence-electron chi connectivity index (χ3n) is 3.12. The van der Waals surface area contributed by atoms with Gasteiger partial charge in [0.05, 0.1) is 6.04 Å². The molecule has 1 rings (SSSR count). The van der Waals surface area contributed by atoms with Crippen LogP contribution >= 0.6 is 0 Å². The second-order valence-corrected chi connectivity index (χ2v) is 4.94. The van der Waals surface area contributed by atoms with Crippen LogP contribution in [0.2, 0.25) is 0 Å². The van der Waals surface area contributed by atoms with Gasteiger partial charge in [-0.1, -0.05) is 20.8 Å². The molecule has 0 aromatic heterocycles. The van der Waals surface area contributed by atoms with Gasteiger partial charge in [-0.15, -0.1) is 0 Å². The van der Waals surface area contributed by atoms with Crippen molar-refractivity contribution in [3.8, 4) is 0 Å². The van der Waals surface area contributed by atoms with E-state index >= 15 is 0 Å². The molecule has 1 amide bonds. The average molecular weight is 213 g/mol. The first-order chi connectivity index (χ1) is 7.06. The third-order valence-corrected chi connectivity index (χ3v) is 3.12. The molecule has 2 atom stereocenters. The van der Waals surface area contributed by atoms with E-state index in [0.29, 0.717) is 11.8 Å². The molecule has 2 unspecified atom stereocenters. The number of carbonyl (C=O) groups excluding carboxylic acids is 1. The monoisotopic (exact) mass is 213 g/mol. The summed E-state index contributed by atoms with van der Waals surface area (Å²) in [6, 6.07) is -0.0715. The predicted octanol–water partition coefficient (Wildman–Crippen LogP) is 0.733. The van der Waals surface area contributed by atoms with Crippen molar-refractivity contribution < 1.29 is 4.79 Å². The Morgan fingerprint density at radius 2 is 2.20 bits per heavy atom. The van der Waals surface area contributed by atoms with Crippen molar-refractivity contribution in [3.63, 3.8) is 0 Å². The van der Waals surface area contributed by atoms with E-state index in [9.17, 15) is 4.79 Å². The summed E-state index contributed by atoms with van der Waals surface area (Å²) >= 11 is 0. The first-order valence-corrected chi connectivity index (χ1v) is 5.80. The molecule has 4 nitrogen and oxygen atoms in total. The molecule has 0 aliphatic carbocycles. The van der Waals surface area contributed by atoms with Crippen molar-refractivity contribution in [3.05, 3.63) is 0 Å². The number of nitrogens with one attached hydrogen (secondary N) is 1. The number of hydrogen-bond acceptors (Lipinski definition) is 3. The summed E-state index contributed by atoms with van der Waals surface area (Å²) in [4.78, 5) is 13.9. The molecule has 1 fully saturated rings. The number of piperidine rings is 1. The van der Waals surface area contributed by atoms with Crippen LogP contribution in [0, 0.1) is 11.8 Å². The summed E-state index contributed by atoms with van der Waals surface area (Å²) in [7, 11) is 0. The lowest BCUT2D eigenvalue weighted by Crippen LogP contribution is -2.54. The molecular weight excluding hydrogens is 190 g/mol. The highest BCUT2D eigenvalue weighted by atomic mass is 16.2. The molecular formula is C11H23N3O. The Kier molecular flexibility index (Phi) is 4.54. The number of rotatable bonds is 3. The highest BCUT2D eigenvalue weighted by Gasteiger charge is 2.30. The Morgan fingerprint density at radius 1 is 1.53 bits per heavy atom. The van der Waals surface area contributed by atoms with Crippen molar-refractivity contribution in [2.24, 2.45) is 17.7 Å². The topological polar surface area (TPSA) is 58.4 Å². The van der Waals surface area contributed by atoms with Crippen LogP contribution in [0.3, 0.4) is 0 Å². The summed E-state index contributed by atoms with van der Waals surface area (Å²) in [6.45, 7) is 8.40. The van der Waals surface area contributed by atoms with E-state index in [4.69, 9.17) is 5.84 Å². The van der Waals surface area contributed by atoms with Gasteiger partial charge in [0, 0.05) is 6.54 Å². The Bertz CT molecular complexity index is 218. The minimum absolute atomic E-state index is 0.0564. The SMILES string of the molecule is CC1CCCN(C(C(=O)NN)C(C)C)C1. The first kappa shape index (κ1) is 12.5. The zero-order valence-corrected chi connectivity index (χ0v) is 9.99. The second kappa shape index (κ2) is 5.47. The van der Waals surface area contributed by atoms with Crippen LogP contribution in [0.15, 0.2) is 0 Å². The van der Waals surface area contributed by atoms with Crippen LogP contribution in [-0.4, -0.2) is 29.9 Å². The van der Waals surface area contributed by atoms with Crippen molar-refractivity contribution >= 4 is 5.91 Å². The molecule has 1 aliphatic rings. The normalized spacial score (nSPS) is 25.3. The van der Waals surface area contributed by atoms with Gasteiger partial charge in [0.25, 0.3) is 5.91 Å². The quantitative estimate of drug-likeness (QED) is 0.413. The lowest BCUT2D eigenvalue weighted by atomic mass is 9.94. The number of nitrogens with two attached hydrogens (primary N) is 1. The number of hydrazine groups is 1. The molecule has 1 saturated heterocycles. The van der Waals surface area contributed by atoms with Crippen molar-refractivity contribution in [1.29, 1.82) is 0 Å². The number of likely N-dealkylation sites (tertiary alicyclic amines) is 1. The van der Waals surface area contributed by atoms with E-state index in [1.807, 2.05) is 0 Å². The zero-order valence-electron chi connectivity index (χ0n) is 9.99. The molecule has 1 aliphatic heterocycles. The zero-order chi connectivity index (χ0) is 11.4. The second-order valence-electron chi connectivity index (χ2n) is 4.94. The molecule has 15 heavy (non-hydrogen) atoms. The maximum Gasteiger partial charge on any atom is 0.251 e. The Balaban J connectivity index is 2.66. The fourth-order valence-corrected chi connectivity index (χ4v) is 2.45. The molecule has 0 bridgehead atoms. The van der Waals surface area contributed by atoms with E-state index in [2.05, 4.69) is 31.1 Å². The lowest BCUT2D eigenvalue weighted by molar-refractivity contribution is -0.128. The van der Waals surface area contributed by atoms with Crippen LogP contribution in [0.4, 0.5) is 0 Å². The van der Waals surface area contributed by atoms with Crippen molar-refractivity contribution in [1.82, 2.24) is 10.3 Å². The molecule has 0 aromatic rings. The van der Waals surface area contributed by atoms with Gasteiger partial charge < -0.3 is 0 Å². The average Bonchev–Trinajstić information content (AvgIpc) is 2.17. The number of hydrogen-bond donors (Lipinski definition) is 2. The fraction of sp³-hybridized carbons (Fsp3) is 0.909. The molecule has 88 valence electrons. The minimum atomic E-state index is -0.0715. The Morgan fingerprint density at radius 3 is 2.67 bits per heavy atom. The molecule has 1 heterocycles. The van der Waals surface area contributed by atoms with Crippen LogP contribution in [0.25, 0.3) is 0 Å². The predicted molar refractivity (Wildman–Crippen MR) is 60.9 cm³/mol. The van der Waals surface area contributed by atoms with E-state index in [1.54, 1.807) is 0 Å². The van der Waals surface area contributed by atoms with Gasteiger partial charge in [0.15, 0.2) is 0 Å². The number of carbonyl (C=O) groups is 1. The highest BCUT2D eigenvalue weighted by molar-refractivity contribution is 5.81. The summed E-state index contributed by atoms with van der Waals surface area (Å²) < 4.78 is 0. The molecule has 0 saturated carbocycles. The highest BCUT2D eigenvalue weighted by Crippen LogP contribution is 2.21. The van der Waals surface area contributed by atoms with Gasteiger partial charge in [-0.2, -0.15) is 0 Å². The number of nitrogens with zero attached hydrogens (tertiary/aromatic N) is 1. The summed E-state index contributed by atoms with van der Waals surface area (Å²) in [5, 5.41) is 0. The Labute approximate surface area is 92.2 Å². The van der Waals surface area contributed by atoms with Gasteiger partial charge in [-0.3, -0.25) is 15.1 Å². The fourth-order valence-electron chi connectivity index (χ4n) is 2.45. The molecule has 0 spiro atoms. The van der Waals surface area contributed by atoms with Gasteiger partial charge in [0.1, 0.15) is 0 Å². The van der Waals surface area contributed by atoms with Gasteiger partial charge in [-0.25, -0.2) is 5.84 Å². The minimum Gasteiger partial charge on any atom is -0.293 e. The van der Waals surface area contributed by atoms with E-state index in [1.165, 1.54) is 12.8 Å². The van der Waals surface area contributed by atoms with Crippen LogP contribution in [0.1, 0.15) is 33.6 Å².